The third-order valence-corrected chi connectivity index (χ3v) is 4.41. The first kappa shape index (κ1) is 13.5. The Morgan fingerprint density at radius 2 is 2.00 bits per heavy atom. The van der Waals surface area contributed by atoms with Crippen molar-refractivity contribution in [2.24, 2.45) is 5.92 Å². The van der Waals surface area contributed by atoms with Gasteiger partial charge < -0.3 is 0 Å². The van der Waals surface area contributed by atoms with E-state index in [-0.39, 0.29) is 0 Å². The lowest BCUT2D eigenvalue weighted by atomic mass is 10.0. The van der Waals surface area contributed by atoms with E-state index in [4.69, 9.17) is 0 Å². The van der Waals surface area contributed by atoms with Crippen LogP contribution >= 0.6 is 0 Å². The molecule has 0 saturated carbocycles. The molecule has 0 unspecified atom stereocenters. The molecule has 16 heavy (non-hydrogen) atoms. The first-order valence-corrected chi connectivity index (χ1v) is 7.14. The Balaban J connectivity index is 2.40. The zero-order valence-electron chi connectivity index (χ0n) is 9.99. The molecule has 0 aliphatic carbocycles. The molecule has 0 aromatic heterocycles. The molecule has 1 N–H and O–H groups in total. The summed E-state index contributed by atoms with van der Waals surface area (Å²) in [5.41, 5.74) is 0. The van der Waals surface area contributed by atoms with Crippen LogP contribution in [0.3, 0.4) is 0 Å². The van der Waals surface area contributed by atoms with Crippen LogP contribution < -0.4 is 4.72 Å². The molecule has 0 aromatic rings. The van der Waals surface area contributed by atoms with Gasteiger partial charge in [-0.05, 0) is 25.7 Å². The first-order chi connectivity index (χ1) is 7.56. The quantitative estimate of drug-likeness (QED) is 0.591. The predicted molar refractivity (Wildman–Crippen MR) is 65.0 cm³/mol. The highest BCUT2D eigenvalue weighted by atomic mass is 32.2. The molecule has 1 aliphatic heterocycles. The van der Waals surface area contributed by atoms with E-state index in [0.717, 1.165) is 12.8 Å². The average Bonchev–Trinajstić information content (AvgIpc) is 2.25. The second-order valence-corrected chi connectivity index (χ2v) is 5.91. The van der Waals surface area contributed by atoms with Crippen molar-refractivity contribution in [3.05, 3.63) is 0 Å². The Kier molecular flexibility index (Phi) is 5.26. The maximum absolute atomic E-state index is 11.8. The summed E-state index contributed by atoms with van der Waals surface area (Å²) in [6, 6.07) is 0. The van der Waals surface area contributed by atoms with E-state index in [1.165, 1.54) is 4.31 Å². The fourth-order valence-corrected chi connectivity index (χ4v) is 2.92. The van der Waals surface area contributed by atoms with Crippen molar-refractivity contribution < 1.29 is 8.42 Å². The van der Waals surface area contributed by atoms with Gasteiger partial charge in [-0.25, -0.2) is 4.72 Å². The number of hydrogen-bond donors (Lipinski definition) is 1. The number of piperidine rings is 1. The molecule has 5 heteroatoms. The van der Waals surface area contributed by atoms with Gasteiger partial charge >= 0.3 is 0 Å². The van der Waals surface area contributed by atoms with Crippen LogP contribution in [0.25, 0.3) is 0 Å². The van der Waals surface area contributed by atoms with E-state index < -0.39 is 10.2 Å². The van der Waals surface area contributed by atoms with Gasteiger partial charge in [0.25, 0.3) is 10.2 Å². The molecule has 1 rings (SSSR count). The number of nitrogens with zero attached hydrogens (tertiary/aromatic N) is 1. The monoisotopic (exact) mass is 244 g/mol. The van der Waals surface area contributed by atoms with Crippen molar-refractivity contribution in [3.63, 3.8) is 0 Å². The van der Waals surface area contributed by atoms with Crippen LogP contribution in [0.4, 0.5) is 0 Å². The summed E-state index contributed by atoms with van der Waals surface area (Å²) in [6.07, 6.45) is 2.48. The summed E-state index contributed by atoms with van der Waals surface area (Å²) in [4.78, 5) is 0. The molecule has 0 spiro atoms. The highest BCUT2D eigenvalue weighted by Crippen LogP contribution is 2.17. The van der Waals surface area contributed by atoms with Crippen molar-refractivity contribution in [3.8, 4) is 11.8 Å². The van der Waals surface area contributed by atoms with E-state index in [0.29, 0.717) is 32.0 Å². The minimum atomic E-state index is -3.27. The highest BCUT2D eigenvalue weighted by molar-refractivity contribution is 7.87. The van der Waals surface area contributed by atoms with Gasteiger partial charge in [-0.2, -0.15) is 12.7 Å². The van der Waals surface area contributed by atoms with Crippen molar-refractivity contribution in [1.29, 1.82) is 0 Å². The van der Waals surface area contributed by atoms with Crippen LogP contribution in [-0.4, -0.2) is 32.4 Å². The van der Waals surface area contributed by atoms with Gasteiger partial charge in [-0.15, -0.1) is 11.8 Å². The van der Waals surface area contributed by atoms with Gasteiger partial charge in [0.15, 0.2) is 0 Å². The van der Waals surface area contributed by atoms with Crippen molar-refractivity contribution in [2.45, 2.75) is 33.1 Å². The predicted octanol–water partition coefficient (Wildman–Crippen LogP) is 0.966. The third-order valence-electron chi connectivity index (χ3n) is 2.79. The lowest BCUT2D eigenvalue weighted by molar-refractivity contribution is 0.285. The van der Waals surface area contributed by atoms with Crippen LogP contribution in [0.15, 0.2) is 0 Å². The zero-order valence-corrected chi connectivity index (χ0v) is 10.8. The minimum absolute atomic E-state index is 0.398. The van der Waals surface area contributed by atoms with Gasteiger partial charge in [-0.1, -0.05) is 6.92 Å². The molecule has 1 fully saturated rings. The Hall–Kier alpha value is -0.570. The first-order valence-electron chi connectivity index (χ1n) is 5.70. The van der Waals surface area contributed by atoms with E-state index >= 15 is 0 Å². The summed E-state index contributed by atoms with van der Waals surface area (Å²) in [5.74, 6) is 6.21. The maximum atomic E-state index is 11.8. The topological polar surface area (TPSA) is 49.4 Å². The largest absolute Gasteiger partial charge is 0.279 e. The highest BCUT2D eigenvalue weighted by Gasteiger charge is 2.25. The molecule has 0 amide bonds. The molecule has 4 nitrogen and oxygen atoms in total. The summed E-state index contributed by atoms with van der Waals surface area (Å²) >= 11 is 0. The molecule has 0 atom stereocenters. The van der Waals surface area contributed by atoms with E-state index in [2.05, 4.69) is 23.5 Å². The standard InChI is InChI=1S/C11H20N2O2S/c1-3-4-5-8-12-16(14,15)13-9-6-11(2)7-10-13/h11-12H,5-10H2,1-2H3. The van der Waals surface area contributed by atoms with E-state index in [9.17, 15) is 8.42 Å². The summed E-state index contributed by atoms with van der Waals surface area (Å²) < 4.78 is 27.8. The Labute approximate surface area is 98.6 Å². The van der Waals surface area contributed by atoms with Crippen molar-refractivity contribution >= 4 is 10.2 Å². The zero-order chi connectivity index (χ0) is 12.0. The van der Waals surface area contributed by atoms with Crippen molar-refractivity contribution in [2.75, 3.05) is 19.6 Å². The van der Waals surface area contributed by atoms with Gasteiger partial charge in [0.1, 0.15) is 0 Å². The van der Waals surface area contributed by atoms with E-state index in [1.807, 2.05) is 0 Å². The SMILES string of the molecule is CC#CCCNS(=O)(=O)N1CCC(C)CC1. The number of nitrogens with one attached hydrogen (secondary N) is 1. The minimum Gasteiger partial charge on any atom is -0.201 e. The third kappa shape index (κ3) is 4.12. The molecule has 1 heterocycles. The summed E-state index contributed by atoms with van der Waals surface area (Å²) in [5, 5.41) is 0. The lowest BCUT2D eigenvalue weighted by Crippen LogP contribution is -2.44. The summed E-state index contributed by atoms with van der Waals surface area (Å²) in [6.45, 7) is 5.58. The van der Waals surface area contributed by atoms with Crippen LogP contribution in [-0.2, 0) is 10.2 Å². The molecule has 1 saturated heterocycles. The van der Waals surface area contributed by atoms with Gasteiger partial charge in [-0.3, -0.25) is 0 Å². The normalized spacial score (nSPS) is 19.1. The average molecular weight is 244 g/mol. The number of hydrogen-bond acceptors (Lipinski definition) is 2. The van der Waals surface area contributed by atoms with Gasteiger partial charge in [0.2, 0.25) is 0 Å². The molecular formula is C11H20N2O2S. The Morgan fingerprint density at radius 1 is 1.38 bits per heavy atom. The maximum Gasteiger partial charge on any atom is 0.279 e. The second-order valence-electron chi connectivity index (χ2n) is 4.16. The molecular weight excluding hydrogens is 224 g/mol. The van der Waals surface area contributed by atoms with Gasteiger partial charge in [0, 0.05) is 26.1 Å². The fourth-order valence-electron chi connectivity index (χ4n) is 1.68. The summed E-state index contributed by atoms with van der Waals surface area (Å²) in [7, 11) is -3.27. The molecule has 92 valence electrons. The smallest absolute Gasteiger partial charge is 0.201 e. The van der Waals surface area contributed by atoms with Gasteiger partial charge in [0.05, 0.1) is 0 Å². The van der Waals surface area contributed by atoms with Crippen LogP contribution in [0, 0.1) is 17.8 Å². The fraction of sp³-hybridized carbons (Fsp3) is 0.818. The lowest BCUT2D eigenvalue weighted by Gasteiger charge is -2.29. The molecule has 0 aromatic carbocycles. The van der Waals surface area contributed by atoms with E-state index in [1.54, 1.807) is 6.92 Å². The molecule has 0 bridgehead atoms. The van der Waals surface area contributed by atoms with Crippen molar-refractivity contribution in [1.82, 2.24) is 9.03 Å². The van der Waals surface area contributed by atoms with Crippen LogP contribution in [0.1, 0.15) is 33.1 Å². The van der Waals surface area contributed by atoms with Crippen LogP contribution in [0.5, 0.6) is 0 Å². The Bertz CT molecular complexity index is 359. The van der Waals surface area contributed by atoms with Crippen LogP contribution in [0.2, 0.25) is 0 Å². The number of rotatable bonds is 4. The molecule has 1 aliphatic rings. The second kappa shape index (κ2) is 6.24. The molecule has 0 radical (unpaired) electrons. The Morgan fingerprint density at radius 3 is 2.56 bits per heavy atom.